The highest BCUT2D eigenvalue weighted by molar-refractivity contribution is 6.32. The van der Waals surface area contributed by atoms with E-state index in [9.17, 15) is 24.2 Å². The molecule has 2 amide bonds. The lowest BCUT2D eigenvalue weighted by Crippen LogP contribution is -2.50. The molecule has 3 atom stereocenters. The minimum atomic E-state index is -1.30. The maximum atomic E-state index is 13.5. The second-order valence-corrected chi connectivity index (χ2v) is 8.88. The van der Waals surface area contributed by atoms with E-state index in [0.717, 1.165) is 0 Å². The maximum Gasteiger partial charge on any atom is 0.272 e. The molecule has 176 valence electrons. The van der Waals surface area contributed by atoms with E-state index in [0.29, 0.717) is 34.0 Å². The number of benzodiazepines with no additional fused rings is 1. The van der Waals surface area contributed by atoms with Crippen LogP contribution < -0.4 is 10.2 Å². The van der Waals surface area contributed by atoms with Gasteiger partial charge in [0.2, 0.25) is 12.1 Å². The summed E-state index contributed by atoms with van der Waals surface area (Å²) in [5.41, 5.74) is 1.98. The van der Waals surface area contributed by atoms with Crippen LogP contribution in [0.3, 0.4) is 0 Å². The van der Waals surface area contributed by atoms with Crippen molar-refractivity contribution in [3.05, 3.63) is 64.4 Å². The standard InChI is InChI=1S/C24H27ClFN3O4/c1-13(2)10-18(20(31)12-30)23(32)28-22-24(33)29(3)19-9-6-15(25)11-17(19)21(27-22)14-4-7-16(26)8-5-14/h4-9,11,13,18,20,22,30-31H,10,12H2,1-3H3,(H,28,32). The van der Waals surface area contributed by atoms with Crippen LogP contribution in [0.15, 0.2) is 47.5 Å². The Labute approximate surface area is 196 Å². The number of likely N-dealkylation sites (N-methyl/N-ethyl adjacent to an activating group) is 1. The van der Waals surface area contributed by atoms with Gasteiger partial charge in [0, 0.05) is 23.2 Å². The number of hydrogen-bond acceptors (Lipinski definition) is 5. The van der Waals surface area contributed by atoms with Crippen LogP contribution in [0.25, 0.3) is 0 Å². The van der Waals surface area contributed by atoms with Crippen molar-refractivity contribution in [2.45, 2.75) is 32.5 Å². The quantitative estimate of drug-likeness (QED) is 0.573. The van der Waals surface area contributed by atoms with Gasteiger partial charge in [-0.05, 0) is 54.8 Å². The number of fused-ring (bicyclic) bond motifs is 1. The Morgan fingerprint density at radius 1 is 1.24 bits per heavy atom. The number of rotatable bonds is 7. The van der Waals surface area contributed by atoms with Gasteiger partial charge in [0.1, 0.15) is 5.82 Å². The summed E-state index contributed by atoms with van der Waals surface area (Å²) in [6.45, 7) is 3.19. The second kappa shape index (κ2) is 10.4. The third kappa shape index (κ3) is 5.58. The summed E-state index contributed by atoms with van der Waals surface area (Å²) < 4.78 is 13.5. The molecule has 0 spiro atoms. The van der Waals surface area contributed by atoms with Crippen molar-refractivity contribution in [3.63, 3.8) is 0 Å². The fourth-order valence-electron chi connectivity index (χ4n) is 3.79. The highest BCUT2D eigenvalue weighted by Gasteiger charge is 2.34. The number of nitrogens with zero attached hydrogens (tertiary/aromatic N) is 2. The first kappa shape index (κ1) is 24.8. The molecular formula is C24H27ClFN3O4. The smallest absolute Gasteiger partial charge is 0.272 e. The summed E-state index contributed by atoms with van der Waals surface area (Å²) in [4.78, 5) is 32.2. The molecule has 0 saturated carbocycles. The third-order valence-corrected chi connectivity index (χ3v) is 5.74. The Morgan fingerprint density at radius 3 is 2.52 bits per heavy atom. The number of aliphatic hydroxyl groups is 2. The summed E-state index contributed by atoms with van der Waals surface area (Å²) in [5, 5.41) is 22.6. The Kier molecular flexibility index (Phi) is 7.84. The molecular weight excluding hydrogens is 449 g/mol. The number of carbonyl (C=O) groups excluding carboxylic acids is 2. The van der Waals surface area contributed by atoms with Crippen LogP contribution in [0.2, 0.25) is 5.02 Å². The Hall–Kier alpha value is -2.81. The van der Waals surface area contributed by atoms with Crippen molar-refractivity contribution in [1.29, 1.82) is 0 Å². The fraction of sp³-hybridized carbons (Fsp3) is 0.375. The summed E-state index contributed by atoms with van der Waals surface area (Å²) in [6.07, 6.45) is -2.26. The molecule has 2 aromatic rings. The van der Waals surface area contributed by atoms with E-state index < -0.39 is 42.4 Å². The molecule has 0 radical (unpaired) electrons. The van der Waals surface area contributed by atoms with Crippen molar-refractivity contribution in [2.75, 3.05) is 18.6 Å². The number of benzene rings is 2. The fourth-order valence-corrected chi connectivity index (χ4v) is 3.97. The molecule has 0 aliphatic carbocycles. The minimum Gasteiger partial charge on any atom is -0.394 e. The number of aliphatic imine (C=N–C) groups is 1. The first-order valence-corrected chi connectivity index (χ1v) is 11.0. The van der Waals surface area contributed by atoms with Crippen molar-refractivity contribution < 1.29 is 24.2 Å². The average Bonchev–Trinajstić information content (AvgIpc) is 2.87. The first-order chi connectivity index (χ1) is 15.6. The summed E-state index contributed by atoms with van der Waals surface area (Å²) in [7, 11) is 1.56. The molecule has 33 heavy (non-hydrogen) atoms. The van der Waals surface area contributed by atoms with Gasteiger partial charge in [-0.25, -0.2) is 9.38 Å². The van der Waals surface area contributed by atoms with Gasteiger partial charge in [-0.15, -0.1) is 0 Å². The van der Waals surface area contributed by atoms with Gasteiger partial charge in [-0.2, -0.15) is 0 Å². The van der Waals surface area contributed by atoms with Crippen molar-refractivity contribution in [1.82, 2.24) is 5.32 Å². The van der Waals surface area contributed by atoms with E-state index >= 15 is 0 Å². The van der Waals surface area contributed by atoms with Crippen LogP contribution in [0.5, 0.6) is 0 Å². The molecule has 0 saturated heterocycles. The molecule has 3 N–H and O–H groups in total. The van der Waals surface area contributed by atoms with Crippen LogP contribution in [0, 0.1) is 17.7 Å². The SMILES string of the molecule is CC(C)CC(C(=O)NC1N=C(c2ccc(F)cc2)c2cc(Cl)ccc2N(C)C1=O)C(O)CO. The lowest BCUT2D eigenvalue weighted by molar-refractivity contribution is -0.134. The third-order valence-electron chi connectivity index (χ3n) is 5.51. The molecule has 2 aromatic carbocycles. The highest BCUT2D eigenvalue weighted by Crippen LogP contribution is 2.30. The van der Waals surface area contributed by atoms with Gasteiger partial charge in [-0.1, -0.05) is 25.4 Å². The normalized spacial score (nSPS) is 17.8. The Balaban J connectivity index is 2.07. The van der Waals surface area contributed by atoms with E-state index in [1.54, 1.807) is 25.2 Å². The van der Waals surface area contributed by atoms with Gasteiger partial charge in [0.25, 0.3) is 5.91 Å². The van der Waals surface area contributed by atoms with E-state index in [1.165, 1.54) is 29.2 Å². The minimum absolute atomic E-state index is 0.0686. The van der Waals surface area contributed by atoms with E-state index in [-0.39, 0.29) is 5.92 Å². The molecule has 1 heterocycles. The highest BCUT2D eigenvalue weighted by atomic mass is 35.5. The Morgan fingerprint density at radius 2 is 1.91 bits per heavy atom. The second-order valence-electron chi connectivity index (χ2n) is 8.44. The average molecular weight is 476 g/mol. The number of nitrogens with one attached hydrogen (secondary N) is 1. The molecule has 1 aliphatic heterocycles. The zero-order chi connectivity index (χ0) is 24.3. The van der Waals surface area contributed by atoms with Crippen molar-refractivity contribution in [3.8, 4) is 0 Å². The van der Waals surface area contributed by atoms with Crippen molar-refractivity contribution >= 4 is 34.8 Å². The molecule has 0 aromatic heterocycles. The zero-order valence-corrected chi connectivity index (χ0v) is 19.4. The topological polar surface area (TPSA) is 102 Å². The first-order valence-electron chi connectivity index (χ1n) is 10.6. The van der Waals surface area contributed by atoms with Crippen LogP contribution in [0.4, 0.5) is 10.1 Å². The largest absolute Gasteiger partial charge is 0.394 e. The number of halogens is 2. The molecule has 0 fully saturated rings. The molecule has 1 aliphatic rings. The molecule has 9 heteroatoms. The number of carbonyl (C=O) groups is 2. The van der Waals surface area contributed by atoms with E-state index in [2.05, 4.69) is 10.3 Å². The van der Waals surface area contributed by atoms with E-state index in [1.807, 2.05) is 13.8 Å². The molecule has 3 unspecified atom stereocenters. The van der Waals surface area contributed by atoms with Crippen molar-refractivity contribution in [2.24, 2.45) is 16.8 Å². The Bertz CT molecular complexity index is 1060. The summed E-state index contributed by atoms with van der Waals surface area (Å²) >= 11 is 6.21. The van der Waals surface area contributed by atoms with Gasteiger partial charge in [0.15, 0.2) is 0 Å². The van der Waals surface area contributed by atoms with Crippen LogP contribution >= 0.6 is 11.6 Å². The van der Waals surface area contributed by atoms with Gasteiger partial charge >= 0.3 is 0 Å². The zero-order valence-electron chi connectivity index (χ0n) is 18.6. The maximum absolute atomic E-state index is 13.5. The molecule has 7 nitrogen and oxygen atoms in total. The monoisotopic (exact) mass is 475 g/mol. The molecule has 3 rings (SSSR count). The van der Waals surface area contributed by atoms with Gasteiger partial charge < -0.3 is 20.4 Å². The summed E-state index contributed by atoms with van der Waals surface area (Å²) in [5.74, 6) is -2.36. The van der Waals surface area contributed by atoms with Crippen LogP contribution in [-0.2, 0) is 9.59 Å². The van der Waals surface area contributed by atoms with Gasteiger partial charge in [0.05, 0.1) is 30.0 Å². The lowest BCUT2D eigenvalue weighted by atomic mass is 9.91. The number of hydrogen-bond donors (Lipinski definition) is 3. The number of anilines is 1. The molecule has 0 bridgehead atoms. The predicted octanol–water partition coefficient (Wildman–Crippen LogP) is 2.75. The van der Waals surface area contributed by atoms with E-state index in [4.69, 9.17) is 11.6 Å². The van der Waals surface area contributed by atoms with Crippen LogP contribution in [-0.4, -0.2) is 53.7 Å². The van der Waals surface area contributed by atoms with Crippen LogP contribution in [0.1, 0.15) is 31.4 Å². The lowest BCUT2D eigenvalue weighted by Gasteiger charge is -2.25. The summed E-state index contributed by atoms with van der Waals surface area (Å²) in [6, 6.07) is 10.6. The number of amides is 2. The van der Waals surface area contributed by atoms with Gasteiger partial charge in [-0.3, -0.25) is 9.59 Å². The number of aliphatic hydroxyl groups excluding tert-OH is 2. The predicted molar refractivity (Wildman–Crippen MR) is 125 cm³/mol.